The first-order valence-electron chi connectivity index (χ1n) is 10.4. The van der Waals surface area contributed by atoms with E-state index in [9.17, 15) is 0 Å². The lowest BCUT2D eigenvalue weighted by molar-refractivity contribution is 0.129. The number of para-hydroxylation sites is 1. The highest BCUT2D eigenvalue weighted by Gasteiger charge is 2.14. The molecule has 31 heavy (non-hydrogen) atoms. The van der Waals surface area contributed by atoms with E-state index in [0.717, 1.165) is 34.1 Å². The minimum Gasteiger partial charge on any atom is -0.488 e. The Kier molecular flexibility index (Phi) is 6.95. The summed E-state index contributed by atoms with van der Waals surface area (Å²) in [6, 6.07) is 14.1. The Hall–Kier alpha value is -3.35. The highest BCUT2D eigenvalue weighted by atomic mass is 16.5. The van der Waals surface area contributed by atoms with Crippen molar-refractivity contribution >= 4 is 5.96 Å². The van der Waals surface area contributed by atoms with Gasteiger partial charge in [-0.1, -0.05) is 24.3 Å². The molecule has 7 heteroatoms. The van der Waals surface area contributed by atoms with E-state index in [2.05, 4.69) is 31.8 Å². The molecule has 1 aromatic carbocycles. The molecule has 164 valence electrons. The van der Waals surface area contributed by atoms with Gasteiger partial charge in [0.25, 0.3) is 0 Å². The van der Waals surface area contributed by atoms with Gasteiger partial charge in [0.05, 0.1) is 5.69 Å². The van der Waals surface area contributed by atoms with Crippen LogP contribution in [0.3, 0.4) is 0 Å². The van der Waals surface area contributed by atoms with Gasteiger partial charge in [-0.3, -0.25) is 4.99 Å². The van der Waals surface area contributed by atoms with Crippen LogP contribution in [0.1, 0.15) is 43.3 Å². The number of aliphatic imine (C=N–C) groups is 1. The molecule has 0 radical (unpaired) electrons. The van der Waals surface area contributed by atoms with Crippen molar-refractivity contribution in [3.8, 4) is 11.6 Å². The molecule has 0 fully saturated rings. The summed E-state index contributed by atoms with van der Waals surface area (Å²) in [5.41, 5.74) is 3.94. The summed E-state index contributed by atoms with van der Waals surface area (Å²) in [5, 5.41) is 11.2. The fraction of sp³-hybridized carbons (Fsp3) is 0.375. The molecule has 0 spiro atoms. The number of rotatable bonds is 6. The molecule has 2 aromatic heterocycles. The molecule has 7 nitrogen and oxygen atoms in total. The average Bonchev–Trinajstić information content (AvgIpc) is 3.06. The molecule has 3 aromatic rings. The van der Waals surface area contributed by atoms with Crippen molar-refractivity contribution in [3.05, 3.63) is 71.2 Å². The van der Waals surface area contributed by atoms with E-state index < -0.39 is 0 Å². The lowest BCUT2D eigenvalue weighted by Crippen LogP contribution is -2.36. The lowest BCUT2D eigenvalue weighted by Gasteiger charge is -2.23. The minimum atomic E-state index is -0.247. The summed E-state index contributed by atoms with van der Waals surface area (Å²) < 4.78 is 7.92. The van der Waals surface area contributed by atoms with Crippen LogP contribution >= 0.6 is 0 Å². The number of aryl methyl sites for hydroxylation is 2. The third-order valence-electron chi connectivity index (χ3n) is 4.55. The maximum atomic E-state index is 6.07. The van der Waals surface area contributed by atoms with Gasteiger partial charge < -0.3 is 15.4 Å². The van der Waals surface area contributed by atoms with E-state index in [-0.39, 0.29) is 5.60 Å². The first kappa shape index (κ1) is 22.3. The molecule has 0 unspecified atom stereocenters. The van der Waals surface area contributed by atoms with Gasteiger partial charge in [-0.05, 0) is 58.4 Å². The van der Waals surface area contributed by atoms with Crippen LogP contribution in [0, 0.1) is 13.8 Å². The Labute approximate surface area is 184 Å². The molecule has 2 N–H and O–H groups in total. The second kappa shape index (κ2) is 9.64. The maximum Gasteiger partial charge on any atom is 0.191 e. The molecular formula is C24H32N6O. The number of pyridine rings is 1. The Morgan fingerprint density at radius 3 is 2.42 bits per heavy atom. The molecule has 0 aliphatic carbocycles. The van der Waals surface area contributed by atoms with Crippen molar-refractivity contribution in [1.82, 2.24) is 25.4 Å². The van der Waals surface area contributed by atoms with Crippen molar-refractivity contribution in [2.24, 2.45) is 4.99 Å². The van der Waals surface area contributed by atoms with E-state index in [1.807, 2.05) is 81.9 Å². The lowest BCUT2D eigenvalue weighted by atomic mass is 10.1. The zero-order valence-electron chi connectivity index (χ0n) is 19.2. The van der Waals surface area contributed by atoms with Gasteiger partial charge in [0.15, 0.2) is 11.8 Å². The Morgan fingerprint density at radius 2 is 1.81 bits per heavy atom. The van der Waals surface area contributed by atoms with Gasteiger partial charge in [0.2, 0.25) is 0 Å². The summed E-state index contributed by atoms with van der Waals surface area (Å²) in [5.74, 6) is 2.40. The molecule has 2 heterocycles. The number of aromatic nitrogens is 3. The first-order chi connectivity index (χ1) is 14.7. The summed E-state index contributed by atoms with van der Waals surface area (Å²) in [6.07, 6.45) is 1.86. The van der Waals surface area contributed by atoms with Crippen LogP contribution in [0.4, 0.5) is 0 Å². The standard InChI is InChI=1S/C24H32N6O/c1-17-13-18(2)30(29-17)22-12-11-19(14-26-22)15-27-23(25-6)28-16-20-9-7-8-10-21(20)31-24(3,4)5/h7-14H,15-16H2,1-6H3,(H2,25,27,28). The van der Waals surface area contributed by atoms with Gasteiger partial charge in [-0.25, -0.2) is 9.67 Å². The highest BCUT2D eigenvalue weighted by molar-refractivity contribution is 5.79. The summed E-state index contributed by atoms with van der Waals surface area (Å²) in [6.45, 7) is 11.4. The van der Waals surface area contributed by atoms with E-state index in [4.69, 9.17) is 4.74 Å². The molecule has 0 atom stereocenters. The van der Waals surface area contributed by atoms with E-state index >= 15 is 0 Å². The summed E-state index contributed by atoms with van der Waals surface area (Å²) in [7, 11) is 1.76. The van der Waals surface area contributed by atoms with E-state index in [1.54, 1.807) is 7.05 Å². The van der Waals surface area contributed by atoms with Crippen LogP contribution in [0.5, 0.6) is 5.75 Å². The van der Waals surface area contributed by atoms with Gasteiger partial charge in [-0.2, -0.15) is 5.10 Å². The monoisotopic (exact) mass is 420 g/mol. The molecule has 0 amide bonds. The quantitative estimate of drug-likeness (QED) is 0.467. The summed E-state index contributed by atoms with van der Waals surface area (Å²) in [4.78, 5) is 8.87. The third kappa shape index (κ3) is 6.31. The first-order valence-corrected chi connectivity index (χ1v) is 10.4. The zero-order valence-corrected chi connectivity index (χ0v) is 19.2. The second-order valence-corrected chi connectivity index (χ2v) is 8.47. The van der Waals surface area contributed by atoms with Crippen LogP contribution < -0.4 is 15.4 Å². The number of nitrogens with one attached hydrogen (secondary N) is 2. The SMILES string of the molecule is CN=C(NCc1ccc(-n2nc(C)cc2C)nc1)NCc1ccccc1OC(C)(C)C. The van der Waals surface area contributed by atoms with Crippen molar-refractivity contribution < 1.29 is 4.74 Å². The number of ether oxygens (including phenoxy) is 1. The number of hydrogen-bond donors (Lipinski definition) is 2. The van der Waals surface area contributed by atoms with Crippen LogP contribution in [0.15, 0.2) is 53.7 Å². The molecule has 0 saturated carbocycles. The molecule has 0 aliphatic rings. The number of nitrogens with zero attached hydrogens (tertiary/aromatic N) is 4. The van der Waals surface area contributed by atoms with E-state index in [1.165, 1.54) is 0 Å². The topological polar surface area (TPSA) is 76.4 Å². The van der Waals surface area contributed by atoms with Crippen molar-refractivity contribution in [1.29, 1.82) is 0 Å². The smallest absolute Gasteiger partial charge is 0.191 e. The Balaban J connectivity index is 1.57. The number of hydrogen-bond acceptors (Lipinski definition) is 4. The maximum absolute atomic E-state index is 6.07. The van der Waals surface area contributed by atoms with Crippen molar-refractivity contribution in [3.63, 3.8) is 0 Å². The zero-order chi connectivity index (χ0) is 22.4. The molecular weight excluding hydrogens is 388 g/mol. The van der Waals surface area contributed by atoms with Crippen molar-refractivity contribution in [2.75, 3.05) is 7.05 Å². The third-order valence-corrected chi connectivity index (χ3v) is 4.55. The summed E-state index contributed by atoms with van der Waals surface area (Å²) >= 11 is 0. The van der Waals surface area contributed by atoms with Gasteiger partial charge >= 0.3 is 0 Å². The second-order valence-electron chi connectivity index (χ2n) is 8.47. The van der Waals surface area contributed by atoms with E-state index in [0.29, 0.717) is 19.0 Å². The Bertz CT molecular complexity index is 1030. The van der Waals surface area contributed by atoms with Crippen LogP contribution in [0.25, 0.3) is 5.82 Å². The van der Waals surface area contributed by atoms with Gasteiger partial charge in [-0.15, -0.1) is 0 Å². The van der Waals surface area contributed by atoms with Crippen molar-refractivity contribution in [2.45, 2.75) is 53.3 Å². The molecule has 0 saturated heterocycles. The van der Waals surface area contributed by atoms with Crippen LogP contribution in [-0.4, -0.2) is 33.4 Å². The molecule has 0 aliphatic heterocycles. The Morgan fingerprint density at radius 1 is 1.06 bits per heavy atom. The van der Waals surface area contributed by atoms with Gasteiger partial charge in [0, 0.05) is 37.6 Å². The molecule has 0 bridgehead atoms. The normalized spacial score (nSPS) is 12.0. The predicted molar refractivity (Wildman–Crippen MR) is 125 cm³/mol. The highest BCUT2D eigenvalue weighted by Crippen LogP contribution is 2.22. The van der Waals surface area contributed by atoms with Gasteiger partial charge in [0.1, 0.15) is 11.4 Å². The average molecular weight is 421 g/mol. The number of benzene rings is 1. The fourth-order valence-electron chi connectivity index (χ4n) is 3.17. The van der Waals surface area contributed by atoms with Crippen LogP contribution in [-0.2, 0) is 13.1 Å². The largest absolute Gasteiger partial charge is 0.488 e. The predicted octanol–water partition coefficient (Wildman–Crippen LogP) is 3.93. The molecule has 3 rings (SSSR count). The van der Waals surface area contributed by atoms with Crippen LogP contribution in [0.2, 0.25) is 0 Å². The fourth-order valence-corrected chi connectivity index (χ4v) is 3.17. The number of guanidine groups is 1. The minimum absolute atomic E-state index is 0.247.